The summed E-state index contributed by atoms with van der Waals surface area (Å²) in [4.78, 5) is 8.29. The van der Waals surface area contributed by atoms with E-state index in [1.807, 2.05) is 13.8 Å². The summed E-state index contributed by atoms with van der Waals surface area (Å²) in [5, 5.41) is 10.8. The SMILES string of the molecule is CCNc1ncc(C)c(NCCS(N)(=O)=O)n1. The molecule has 0 fully saturated rings. The standard InChI is InChI=1S/C9H17N5O2S/c1-3-11-9-13-6-7(2)8(14-9)12-4-5-17(10,15)16/h6H,3-5H2,1-2H3,(H2,10,15,16)(H2,11,12,13,14). The van der Waals surface area contributed by atoms with E-state index in [1.165, 1.54) is 0 Å². The van der Waals surface area contributed by atoms with Crippen molar-refractivity contribution in [1.82, 2.24) is 9.97 Å². The van der Waals surface area contributed by atoms with Gasteiger partial charge in [0.25, 0.3) is 0 Å². The molecule has 1 aromatic heterocycles. The summed E-state index contributed by atoms with van der Waals surface area (Å²) in [5.41, 5.74) is 0.848. The van der Waals surface area contributed by atoms with E-state index in [9.17, 15) is 8.42 Å². The molecule has 0 atom stereocenters. The van der Waals surface area contributed by atoms with Gasteiger partial charge in [0.1, 0.15) is 5.82 Å². The number of rotatable bonds is 6. The molecule has 0 saturated carbocycles. The minimum Gasteiger partial charge on any atom is -0.369 e. The van der Waals surface area contributed by atoms with Gasteiger partial charge in [0.2, 0.25) is 16.0 Å². The van der Waals surface area contributed by atoms with Gasteiger partial charge in [-0.1, -0.05) is 0 Å². The maximum Gasteiger partial charge on any atom is 0.224 e. The second-order valence-corrected chi connectivity index (χ2v) is 5.28. The fourth-order valence-corrected chi connectivity index (χ4v) is 1.56. The first-order valence-electron chi connectivity index (χ1n) is 5.24. The Balaban J connectivity index is 2.66. The van der Waals surface area contributed by atoms with Crippen LogP contribution in [0.5, 0.6) is 0 Å². The highest BCUT2D eigenvalue weighted by atomic mass is 32.2. The maximum atomic E-state index is 10.8. The lowest BCUT2D eigenvalue weighted by Gasteiger charge is -2.09. The minimum absolute atomic E-state index is 0.132. The molecule has 0 unspecified atom stereocenters. The third kappa shape index (κ3) is 4.96. The summed E-state index contributed by atoms with van der Waals surface area (Å²) in [6, 6.07) is 0. The Morgan fingerprint density at radius 3 is 2.71 bits per heavy atom. The van der Waals surface area contributed by atoms with Crippen LogP contribution in [0.15, 0.2) is 6.20 Å². The fraction of sp³-hybridized carbons (Fsp3) is 0.556. The van der Waals surface area contributed by atoms with Crippen LogP contribution in [0.2, 0.25) is 0 Å². The maximum absolute atomic E-state index is 10.8. The van der Waals surface area contributed by atoms with Gasteiger partial charge in [-0.25, -0.2) is 18.5 Å². The molecule has 1 heterocycles. The molecule has 0 aromatic carbocycles. The smallest absolute Gasteiger partial charge is 0.224 e. The van der Waals surface area contributed by atoms with Crippen LogP contribution in [0.1, 0.15) is 12.5 Å². The van der Waals surface area contributed by atoms with Crippen LogP contribution < -0.4 is 15.8 Å². The minimum atomic E-state index is -3.45. The molecular formula is C9H17N5O2S. The molecule has 96 valence electrons. The Labute approximate surface area is 101 Å². The van der Waals surface area contributed by atoms with Gasteiger partial charge >= 0.3 is 0 Å². The summed E-state index contributed by atoms with van der Waals surface area (Å²) in [7, 11) is -3.45. The number of nitrogens with two attached hydrogens (primary N) is 1. The average molecular weight is 259 g/mol. The molecular weight excluding hydrogens is 242 g/mol. The average Bonchev–Trinajstić information content (AvgIpc) is 2.21. The molecule has 17 heavy (non-hydrogen) atoms. The third-order valence-electron chi connectivity index (χ3n) is 1.99. The third-order valence-corrected chi connectivity index (χ3v) is 2.76. The number of nitrogens with one attached hydrogen (secondary N) is 2. The summed E-state index contributed by atoms with van der Waals surface area (Å²) in [6.45, 7) is 4.73. The van der Waals surface area contributed by atoms with Crippen LogP contribution >= 0.6 is 0 Å². The zero-order chi connectivity index (χ0) is 12.9. The summed E-state index contributed by atoms with van der Waals surface area (Å²) in [5.74, 6) is 0.989. The molecule has 0 radical (unpaired) electrons. The van der Waals surface area contributed by atoms with Gasteiger partial charge < -0.3 is 10.6 Å². The molecule has 4 N–H and O–H groups in total. The zero-order valence-corrected chi connectivity index (χ0v) is 10.7. The van der Waals surface area contributed by atoms with Crippen molar-refractivity contribution in [2.24, 2.45) is 5.14 Å². The van der Waals surface area contributed by atoms with Gasteiger partial charge in [-0.15, -0.1) is 0 Å². The Hall–Kier alpha value is -1.41. The molecule has 0 spiro atoms. The van der Waals surface area contributed by atoms with E-state index >= 15 is 0 Å². The van der Waals surface area contributed by atoms with Crippen molar-refractivity contribution in [2.45, 2.75) is 13.8 Å². The van der Waals surface area contributed by atoms with Crippen LogP contribution in [0.4, 0.5) is 11.8 Å². The van der Waals surface area contributed by atoms with E-state index in [2.05, 4.69) is 20.6 Å². The van der Waals surface area contributed by atoms with Crippen molar-refractivity contribution >= 4 is 21.8 Å². The first kappa shape index (κ1) is 13.7. The molecule has 7 nitrogen and oxygen atoms in total. The van der Waals surface area contributed by atoms with Gasteiger partial charge in [-0.3, -0.25) is 0 Å². The van der Waals surface area contributed by atoms with Crippen LogP contribution in [-0.2, 0) is 10.0 Å². The Bertz CT molecular complexity index is 474. The lowest BCUT2D eigenvalue weighted by Crippen LogP contribution is -2.23. The van der Waals surface area contributed by atoms with Gasteiger partial charge in [0.15, 0.2) is 0 Å². The summed E-state index contributed by atoms with van der Waals surface area (Å²) >= 11 is 0. The normalized spacial score (nSPS) is 11.2. The molecule has 0 aliphatic rings. The van der Waals surface area contributed by atoms with Gasteiger partial charge in [0, 0.05) is 24.8 Å². The molecule has 0 saturated heterocycles. The van der Waals surface area contributed by atoms with E-state index in [4.69, 9.17) is 5.14 Å². The van der Waals surface area contributed by atoms with Crippen LogP contribution in [0.25, 0.3) is 0 Å². The lowest BCUT2D eigenvalue weighted by molar-refractivity contribution is 0.598. The van der Waals surface area contributed by atoms with E-state index < -0.39 is 10.0 Å². The van der Waals surface area contributed by atoms with Gasteiger partial charge in [-0.2, -0.15) is 4.98 Å². The number of hydrogen-bond donors (Lipinski definition) is 3. The lowest BCUT2D eigenvalue weighted by atomic mass is 10.3. The number of sulfonamides is 1. The highest BCUT2D eigenvalue weighted by Crippen LogP contribution is 2.11. The summed E-state index contributed by atoms with van der Waals surface area (Å²) < 4.78 is 21.5. The first-order valence-corrected chi connectivity index (χ1v) is 6.96. The number of primary sulfonamides is 1. The quantitative estimate of drug-likeness (QED) is 0.659. The molecule has 8 heteroatoms. The predicted molar refractivity (Wildman–Crippen MR) is 67.4 cm³/mol. The fourth-order valence-electron chi connectivity index (χ4n) is 1.18. The van der Waals surface area contributed by atoms with Gasteiger partial charge in [0.05, 0.1) is 5.75 Å². The van der Waals surface area contributed by atoms with Gasteiger partial charge in [-0.05, 0) is 13.8 Å². The molecule has 1 aromatic rings. The Morgan fingerprint density at radius 1 is 1.41 bits per heavy atom. The Kier molecular flexibility index (Phi) is 4.64. The predicted octanol–water partition coefficient (Wildman–Crippen LogP) is -0.0828. The number of aryl methyl sites for hydroxylation is 1. The van der Waals surface area contributed by atoms with Crippen LogP contribution in [0, 0.1) is 6.92 Å². The largest absolute Gasteiger partial charge is 0.369 e. The van der Waals surface area contributed by atoms with Crippen molar-refractivity contribution < 1.29 is 8.42 Å². The summed E-state index contributed by atoms with van der Waals surface area (Å²) in [6.07, 6.45) is 1.67. The zero-order valence-electron chi connectivity index (χ0n) is 9.90. The highest BCUT2D eigenvalue weighted by molar-refractivity contribution is 7.89. The molecule has 0 amide bonds. The molecule has 0 aliphatic carbocycles. The van der Waals surface area contributed by atoms with E-state index in [1.54, 1.807) is 6.20 Å². The van der Waals surface area contributed by atoms with E-state index in [0.29, 0.717) is 11.8 Å². The molecule has 1 rings (SSSR count). The van der Waals surface area contributed by atoms with Crippen molar-refractivity contribution in [3.05, 3.63) is 11.8 Å². The second kappa shape index (κ2) is 5.78. The monoisotopic (exact) mass is 259 g/mol. The van der Waals surface area contributed by atoms with Crippen molar-refractivity contribution in [2.75, 3.05) is 29.5 Å². The number of aromatic nitrogens is 2. The van der Waals surface area contributed by atoms with Crippen molar-refractivity contribution in [3.8, 4) is 0 Å². The number of nitrogens with zero attached hydrogens (tertiary/aromatic N) is 2. The first-order chi connectivity index (χ1) is 7.92. The van der Waals surface area contributed by atoms with Crippen molar-refractivity contribution in [3.63, 3.8) is 0 Å². The van der Waals surface area contributed by atoms with Crippen molar-refractivity contribution in [1.29, 1.82) is 0 Å². The van der Waals surface area contributed by atoms with E-state index in [-0.39, 0.29) is 12.3 Å². The highest BCUT2D eigenvalue weighted by Gasteiger charge is 2.05. The second-order valence-electron chi connectivity index (χ2n) is 3.55. The van der Waals surface area contributed by atoms with Crippen LogP contribution in [0.3, 0.4) is 0 Å². The number of hydrogen-bond acceptors (Lipinski definition) is 6. The Morgan fingerprint density at radius 2 is 2.12 bits per heavy atom. The topological polar surface area (TPSA) is 110 Å². The van der Waals surface area contributed by atoms with E-state index in [0.717, 1.165) is 12.1 Å². The molecule has 0 bridgehead atoms. The number of anilines is 2. The van der Waals surface area contributed by atoms with Crippen LogP contribution in [-0.4, -0.2) is 37.2 Å². The molecule has 0 aliphatic heterocycles.